The molecule has 1 saturated heterocycles. The Morgan fingerprint density at radius 3 is 2.85 bits per heavy atom. The summed E-state index contributed by atoms with van der Waals surface area (Å²) in [4.78, 5) is 2.24. The quantitative estimate of drug-likeness (QED) is 0.924. The molecule has 1 fully saturated rings. The molecule has 1 aliphatic rings. The van der Waals surface area contributed by atoms with Crippen LogP contribution in [0.3, 0.4) is 0 Å². The average Bonchev–Trinajstić information content (AvgIpc) is 2.34. The summed E-state index contributed by atoms with van der Waals surface area (Å²) in [5, 5.41) is 10.5. The third-order valence-electron chi connectivity index (χ3n) is 4.04. The predicted octanol–water partition coefficient (Wildman–Crippen LogP) is 2.67. The minimum absolute atomic E-state index is 0.0958. The third kappa shape index (κ3) is 3.37. The first-order chi connectivity index (χ1) is 9.29. The monoisotopic (exact) mass is 281 g/mol. The van der Waals surface area contributed by atoms with Gasteiger partial charge in [0.15, 0.2) is 0 Å². The van der Waals surface area contributed by atoms with Crippen LogP contribution in [0.4, 0.5) is 4.39 Å². The second kappa shape index (κ2) is 5.80. The molecule has 1 aromatic rings. The maximum Gasteiger partial charge on any atom is 0.123 e. The van der Waals surface area contributed by atoms with Gasteiger partial charge in [-0.15, -0.1) is 0 Å². The van der Waals surface area contributed by atoms with Gasteiger partial charge < -0.3 is 9.84 Å². The largest absolute Gasteiger partial charge is 0.387 e. The molecule has 1 N–H and O–H groups in total. The van der Waals surface area contributed by atoms with Gasteiger partial charge in [0.1, 0.15) is 5.82 Å². The van der Waals surface area contributed by atoms with E-state index in [1.54, 1.807) is 6.07 Å². The van der Waals surface area contributed by atoms with Gasteiger partial charge in [-0.05, 0) is 51.0 Å². The lowest BCUT2D eigenvalue weighted by Crippen LogP contribution is -2.56. The Morgan fingerprint density at radius 2 is 2.20 bits per heavy atom. The van der Waals surface area contributed by atoms with Crippen LogP contribution in [0.1, 0.15) is 38.0 Å². The standard InChI is InChI=1S/C16H24FNO2/c1-11-7-13(17)5-6-14(11)15(19)9-18-8-12(2)20-10-16(18,3)4/h5-7,12,15,19H,8-10H2,1-4H3. The van der Waals surface area contributed by atoms with Crippen LogP contribution in [-0.2, 0) is 4.74 Å². The molecule has 1 aliphatic heterocycles. The number of morpholine rings is 1. The number of hydrogen-bond donors (Lipinski definition) is 1. The molecule has 0 aromatic heterocycles. The van der Waals surface area contributed by atoms with Crippen LogP contribution in [0.5, 0.6) is 0 Å². The Labute approximate surface area is 120 Å². The molecule has 112 valence electrons. The van der Waals surface area contributed by atoms with Crippen LogP contribution in [0.25, 0.3) is 0 Å². The zero-order chi connectivity index (χ0) is 14.9. The van der Waals surface area contributed by atoms with E-state index in [1.807, 2.05) is 13.8 Å². The Kier molecular flexibility index (Phi) is 4.47. The van der Waals surface area contributed by atoms with Crippen molar-refractivity contribution in [2.45, 2.75) is 45.4 Å². The molecule has 2 rings (SSSR count). The Morgan fingerprint density at radius 1 is 1.50 bits per heavy atom. The minimum atomic E-state index is -0.611. The van der Waals surface area contributed by atoms with Crippen molar-refractivity contribution in [2.24, 2.45) is 0 Å². The van der Waals surface area contributed by atoms with Gasteiger partial charge in [-0.3, -0.25) is 4.90 Å². The molecule has 1 aromatic carbocycles. The highest BCUT2D eigenvalue weighted by atomic mass is 19.1. The van der Waals surface area contributed by atoms with E-state index in [-0.39, 0.29) is 17.5 Å². The number of hydrogen-bond acceptors (Lipinski definition) is 3. The van der Waals surface area contributed by atoms with E-state index in [9.17, 15) is 9.50 Å². The highest BCUT2D eigenvalue weighted by molar-refractivity contribution is 5.28. The summed E-state index contributed by atoms with van der Waals surface area (Å²) >= 11 is 0. The van der Waals surface area contributed by atoms with Gasteiger partial charge in [0, 0.05) is 18.6 Å². The number of aliphatic hydroxyl groups is 1. The van der Waals surface area contributed by atoms with E-state index < -0.39 is 6.10 Å². The Balaban J connectivity index is 2.11. The van der Waals surface area contributed by atoms with Gasteiger partial charge in [-0.1, -0.05) is 6.07 Å². The predicted molar refractivity (Wildman–Crippen MR) is 77.2 cm³/mol. The summed E-state index contributed by atoms with van der Waals surface area (Å²) in [7, 11) is 0. The van der Waals surface area contributed by atoms with E-state index in [2.05, 4.69) is 18.7 Å². The number of aryl methyl sites for hydroxylation is 1. The van der Waals surface area contributed by atoms with Crippen molar-refractivity contribution < 1.29 is 14.2 Å². The number of aliphatic hydroxyl groups excluding tert-OH is 1. The van der Waals surface area contributed by atoms with E-state index >= 15 is 0 Å². The number of β-amino-alcohol motifs (C(OH)–C–C–N with tert-alkyl or cyclic N) is 1. The number of ether oxygens (including phenoxy) is 1. The summed E-state index contributed by atoms with van der Waals surface area (Å²) in [5.74, 6) is -0.265. The molecule has 0 bridgehead atoms. The van der Waals surface area contributed by atoms with Crippen LogP contribution < -0.4 is 0 Å². The molecule has 0 radical (unpaired) electrons. The van der Waals surface area contributed by atoms with Crippen molar-refractivity contribution >= 4 is 0 Å². The molecule has 3 nitrogen and oxygen atoms in total. The van der Waals surface area contributed by atoms with Gasteiger partial charge in [-0.25, -0.2) is 4.39 Å². The molecule has 0 amide bonds. The average molecular weight is 281 g/mol. The van der Waals surface area contributed by atoms with Crippen LogP contribution in [0, 0.1) is 12.7 Å². The van der Waals surface area contributed by atoms with E-state index in [0.717, 1.165) is 17.7 Å². The summed E-state index contributed by atoms with van der Waals surface area (Å²) in [6.45, 7) is 10.1. The number of halogens is 1. The second-order valence-corrected chi connectivity index (χ2v) is 6.36. The van der Waals surface area contributed by atoms with Crippen molar-refractivity contribution in [3.8, 4) is 0 Å². The molecular formula is C16H24FNO2. The molecule has 0 aliphatic carbocycles. The van der Waals surface area contributed by atoms with Crippen molar-refractivity contribution in [3.05, 3.63) is 35.1 Å². The fourth-order valence-electron chi connectivity index (χ4n) is 2.69. The molecule has 0 spiro atoms. The Bertz CT molecular complexity index is 476. The van der Waals surface area contributed by atoms with Crippen LogP contribution in [0.2, 0.25) is 0 Å². The summed E-state index contributed by atoms with van der Waals surface area (Å²) in [5.41, 5.74) is 1.49. The molecule has 2 atom stereocenters. The second-order valence-electron chi connectivity index (χ2n) is 6.36. The van der Waals surface area contributed by atoms with Crippen molar-refractivity contribution in [1.82, 2.24) is 4.90 Å². The summed E-state index contributed by atoms with van der Waals surface area (Å²) < 4.78 is 18.8. The van der Waals surface area contributed by atoms with Crippen molar-refractivity contribution in [3.63, 3.8) is 0 Å². The topological polar surface area (TPSA) is 32.7 Å². The molecular weight excluding hydrogens is 257 g/mol. The van der Waals surface area contributed by atoms with Crippen LogP contribution in [-0.4, -0.2) is 41.3 Å². The molecule has 4 heteroatoms. The number of benzene rings is 1. The van der Waals surface area contributed by atoms with Gasteiger partial charge >= 0.3 is 0 Å². The minimum Gasteiger partial charge on any atom is -0.387 e. The van der Waals surface area contributed by atoms with Gasteiger partial charge in [-0.2, -0.15) is 0 Å². The lowest BCUT2D eigenvalue weighted by Gasteiger charge is -2.45. The normalized spacial score (nSPS) is 24.6. The summed E-state index contributed by atoms with van der Waals surface area (Å²) in [6, 6.07) is 4.54. The smallest absolute Gasteiger partial charge is 0.123 e. The zero-order valence-corrected chi connectivity index (χ0v) is 12.7. The number of rotatable bonds is 3. The van der Waals surface area contributed by atoms with Crippen molar-refractivity contribution in [1.29, 1.82) is 0 Å². The van der Waals surface area contributed by atoms with Crippen molar-refractivity contribution in [2.75, 3.05) is 19.7 Å². The van der Waals surface area contributed by atoms with Crippen LogP contribution >= 0.6 is 0 Å². The molecule has 20 heavy (non-hydrogen) atoms. The first-order valence-corrected chi connectivity index (χ1v) is 7.10. The fraction of sp³-hybridized carbons (Fsp3) is 0.625. The highest BCUT2D eigenvalue weighted by Gasteiger charge is 2.34. The molecule has 0 saturated carbocycles. The number of nitrogens with zero attached hydrogens (tertiary/aromatic N) is 1. The third-order valence-corrected chi connectivity index (χ3v) is 4.04. The van der Waals surface area contributed by atoms with Gasteiger partial charge in [0.05, 0.1) is 18.8 Å². The van der Waals surface area contributed by atoms with Gasteiger partial charge in [0.2, 0.25) is 0 Å². The highest BCUT2D eigenvalue weighted by Crippen LogP contribution is 2.26. The molecule has 1 heterocycles. The zero-order valence-electron chi connectivity index (χ0n) is 12.7. The maximum atomic E-state index is 13.1. The summed E-state index contributed by atoms with van der Waals surface area (Å²) in [6.07, 6.45) is -0.440. The van der Waals surface area contributed by atoms with Gasteiger partial charge in [0.25, 0.3) is 0 Å². The van der Waals surface area contributed by atoms with E-state index in [1.165, 1.54) is 12.1 Å². The van der Waals surface area contributed by atoms with Crippen LogP contribution in [0.15, 0.2) is 18.2 Å². The van der Waals surface area contributed by atoms with E-state index in [4.69, 9.17) is 4.74 Å². The first-order valence-electron chi connectivity index (χ1n) is 7.10. The molecule has 2 unspecified atom stereocenters. The first kappa shape index (κ1) is 15.4. The lowest BCUT2D eigenvalue weighted by atomic mass is 9.97. The SMILES string of the molecule is Cc1cc(F)ccc1C(O)CN1CC(C)OCC1(C)C. The van der Waals surface area contributed by atoms with E-state index in [0.29, 0.717) is 13.2 Å². The maximum absolute atomic E-state index is 13.1. The lowest BCUT2D eigenvalue weighted by molar-refractivity contribution is -0.102. The fourth-order valence-corrected chi connectivity index (χ4v) is 2.69. The Hall–Kier alpha value is -0.970.